The molecule has 0 spiro atoms. The molecule has 0 amide bonds. The van der Waals surface area contributed by atoms with Crippen LogP contribution in [0.25, 0.3) is 0 Å². The first kappa shape index (κ1) is 15.0. The molecule has 0 radical (unpaired) electrons. The van der Waals surface area contributed by atoms with Crippen molar-refractivity contribution in [1.82, 2.24) is 5.32 Å². The zero-order valence-corrected chi connectivity index (χ0v) is 12.9. The standard InChI is InChI=1S/C14H21BrClN/c1-11(2)5-3-4-8-17-10-12-9-13(16)6-7-14(12)15/h6-7,9,11,17H,3-5,8,10H2,1-2H3. The Morgan fingerprint density at radius 3 is 2.76 bits per heavy atom. The average molecular weight is 319 g/mol. The molecule has 0 bridgehead atoms. The first-order valence-corrected chi connectivity index (χ1v) is 7.41. The Morgan fingerprint density at radius 1 is 1.29 bits per heavy atom. The lowest BCUT2D eigenvalue weighted by Gasteiger charge is -2.08. The number of hydrogen-bond acceptors (Lipinski definition) is 1. The van der Waals surface area contributed by atoms with Crippen molar-refractivity contribution in [2.75, 3.05) is 6.54 Å². The molecular formula is C14H21BrClN. The first-order valence-electron chi connectivity index (χ1n) is 6.24. The molecule has 1 aromatic rings. The third-order valence-corrected chi connectivity index (χ3v) is 3.72. The number of rotatable bonds is 7. The molecule has 0 fully saturated rings. The zero-order chi connectivity index (χ0) is 12.7. The maximum absolute atomic E-state index is 5.97. The van der Waals surface area contributed by atoms with Gasteiger partial charge in [-0.15, -0.1) is 0 Å². The van der Waals surface area contributed by atoms with E-state index in [1.165, 1.54) is 24.8 Å². The highest BCUT2D eigenvalue weighted by atomic mass is 79.9. The summed E-state index contributed by atoms with van der Waals surface area (Å²) in [6.45, 7) is 6.50. The molecule has 1 rings (SSSR count). The van der Waals surface area contributed by atoms with E-state index in [1.807, 2.05) is 18.2 Å². The highest BCUT2D eigenvalue weighted by Gasteiger charge is 2.00. The Balaban J connectivity index is 2.20. The van der Waals surface area contributed by atoms with Gasteiger partial charge in [-0.3, -0.25) is 0 Å². The number of benzene rings is 1. The fourth-order valence-corrected chi connectivity index (χ4v) is 2.29. The molecule has 0 aromatic heterocycles. The molecule has 1 aromatic carbocycles. The summed E-state index contributed by atoms with van der Waals surface area (Å²) in [6.07, 6.45) is 3.88. The SMILES string of the molecule is CC(C)CCCCNCc1cc(Cl)ccc1Br. The molecule has 1 nitrogen and oxygen atoms in total. The summed E-state index contributed by atoms with van der Waals surface area (Å²) >= 11 is 9.50. The van der Waals surface area contributed by atoms with E-state index in [2.05, 4.69) is 35.1 Å². The van der Waals surface area contributed by atoms with Gasteiger partial charge in [0.2, 0.25) is 0 Å². The van der Waals surface area contributed by atoms with E-state index in [0.29, 0.717) is 0 Å². The molecule has 17 heavy (non-hydrogen) atoms. The summed E-state index contributed by atoms with van der Waals surface area (Å²) in [4.78, 5) is 0. The molecule has 3 heteroatoms. The van der Waals surface area contributed by atoms with E-state index < -0.39 is 0 Å². The fraction of sp³-hybridized carbons (Fsp3) is 0.571. The number of hydrogen-bond donors (Lipinski definition) is 1. The second kappa shape index (κ2) is 8.12. The van der Waals surface area contributed by atoms with Gasteiger partial charge in [-0.05, 0) is 42.6 Å². The van der Waals surface area contributed by atoms with Gasteiger partial charge in [0.25, 0.3) is 0 Å². The van der Waals surface area contributed by atoms with Gasteiger partial charge in [-0.1, -0.05) is 54.2 Å². The van der Waals surface area contributed by atoms with Gasteiger partial charge in [-0.25, -0.2) is 0 Å². The molecule has 0 aliphatic heterocycles. The van der Waals surface area contributed by atoms with Crippen LogP contribution >= 0.6 is 27.5 Å². The van der Waals surface area contributed by atoms with Crippen LogP contribution in [0.15, 0.2) is 22.7 Å². The summed E-state index contributed by atoms with van der Waals surface area (Å²) in [5.41, 5.74) is 1.22. The minimum absolute atomic E-state index is 0.796. The van der Waals surface area contributed by atoms with Crippen LogP contribution in [0.5, 0.6) is 0 Å². The van der Waals surface area contributed by atoms with Crippen LogP contribution in [0.1, 0.15) is 38.7 Å². The molecule has 0 unspecified atom stereocenters. The number of nitrogens with one attached hydrogen (secondary N) is 1. The van der Waals surface area contributed by atoms with E-state index in [0.717, 1.165) is 28.5 Å². The molecule has 0 saturated carbocycles. The van der Waals surface area contributed by atoms with E-state index in [9.17, 15) is 0 Å². The lowest BCUT2D eigenvalue weighted by atomic mass is 10.1. The molecular weight excluding hydrogens is 298 g/mol. The second-order valence-corrected chi connectivity index (χ2v) is 6.09. The molecule has 0 saturated heterocycles. The van der Waals surface area contributed by atoms with Crippen molar-refractivity contribution >= 4 is 27.5 Å². The van der Waals surface area contributed by atoms with Crippen LogP contribution < -0.4 is 5.32 Å². The normalized spacial score (nSPS) is 11.1. The predicted octanol–water partition coefficient (Wildman–Crippen LogP) is 5.02. The van der Waals surface area contributed by atoms with E-state index in [4.69, 9.17) is 11.6 Å². The average Bonchev–Trinajstić information content (AvgIpc) is 2.27. The minimum Gasteiger partial charge on any atom is -0.313 e. The summed E-state index contributed by atoms with van der Waals surface area (Å²) < 4.78 is 1.12. The monoisotopic (exact) mass is 317 g/mol. The third kappa shape index (κ3) is 6.44. The molecule has 1 N–H and O–H groups in total. The predicted molar refractivity (Wildman–Crippen MR) is 79.5 cm³/mol. The molecule has 0 heterocycles. The topological polar surface area (TPSA) is 12.0 Å². The number of halogens is 2. The Labute approximate surface area is 118 Å². The van der Waals surface area contributed by atoms with E-state index in [1.54, 1.807) is 0 Å². The Bertz CT molecular complexity index is 339. The molecule has 96 valence electrons. The van der Waals surface area contributed by atoms with Gasteiger partial charge in [0, 0.05) is 16.0 Å². The number of unbranched alkanes of at least 4 members (excludes halogenated alkanes) is 1. The largest absolute Gasteiger partial charge is 0.313 e. The van der Waals surface area contributed by atoms with Crippen molar-refractivity contribution in [3.63, 3.8) is 0 Å². The third-order valence-electron chi connectivity index (χ3n) is 2.71. The van der Waals surface area contributed by atoms with Gasteiger partial charge in [-0.2, -0.15) is 0 Å². The maximum atomic E-state index is 5.97. The second-order valence-electron chi connectivity index (χ2n) is 4.80. The van der Waals surface area contributed by atoms with Crippen LogP contribution in [0.4, 0.5) is 0 Å². The van der Waals surface area contributed by atoms with Crippen molar-refractivity contribution in [3.05, 3.63) is 33.3 Å². The molecule has 0 aliphatic rings. The maximum Gasteiger partial charge on any atom is 0.0410 e. The lowest BCUT2D eigenvalue weighted by Crippen LogP contribution is -2.15. The molecule has 0 aliphatic carbocycles. The van der Waals surface area contributed by atoms with Gasteiger partial charge < -0.3 is 5.32 Å². The smallest absolute Gasteiger partial charge is 0.0410 e. The van der Waals surface area contributed by atoms with Crippen LogP contribution in [0, 0.1) is 5.92 Å². The summed E-state index contributed by atoms with van der Waals surface area (Å²) in [5, 5.41) is 4.25. The van der Waals surface area contributed by atoms with Gasteiger partial charge in [0.15, 0.2) is 0 Å². The lowest BCUT2D eigenvalue weighted by molar-refractivity contribution is 0.520. The summed E-state index contributed by atoms with van der Waals surface area (Å²) in [7, 11) is 0. The summed E-state index contributed by atoms with van der Waals surface area (Å²) in [6, 6.07) is 5.91. The Morgan fingerprint density at radius 2 is 2.06 bits per heavy atom. The van der Waals surface area contributed by atoms with Crippen LogP contribution in [0.2, 0.25) is 5.02 Å². The van der Waals surface area contributed by atoms with Crippen LogP contribution in [-0.2, 0) is 6.54 Å². The van der Waals surface area contributed by atoms with Crippen LogP contribution in [0.3, 0.4) is 0 Å². The highest BCUT2D eigenvalue weighted by molar-refractivity contribution is 9.10. The van der Waals surface area contributed by atoms with E-state index >= 15 is 0 Å². The van der Waals surface area contributed by atoms with Crippen LogP contribution in [-0.4, -0.2) is 6.54 Å². The summed E-state index contributed by atoms with van der Waals surface area (Å²) in [5.74, 6) is 0.817. The van der Waals surface area contributed by atoms with Crippen molar-refractivity contribution in [1.29, 1.82) is 0 Å². The minimum atomic E-state index is 0.796. The highest BCUT2D eigenvalue weighted by Crippen LogP contribution is 2.20. The van der Waals surface area contributed by atoms with E-state index in [-0.39, 0.29) is 0 Å². The fourth-order valence-electron chi connectivity index (χ4n) is 1.70. The van der Waals surface area contributed by atoms with Crippen molar-refractivity contribution in [2.24, 2.45) is 5.92 Å². The van der Waals surface area contributed by atoms with Crippen molar-refractivity contribution in [2.45, 2.75) is 39.7 Å². The van der Waals surface area contributed by atoms with Gasteiger partial charge >= 0.3 is 0 Å². The Kier molecular flexibility index (Phi) is 7.17. The van der Waals surface area contributed by atoms with Gasteiger partial charge in [0.05, 0.1) is 0 Å². The van der Waals surface area contributed by atoms with Crippen molar-refractivity contribution in [3.8, 4) is 0 Å². The zero-order valence-electron chi connectivity index (χ0n) is 10.6. The van der Waals surface area contributed by atoms with Crippen molar-refractivity contribution < 1.29 is 0 Å². The quantitative estimate of drug-likeness (QED) is 0.696. The first-order chi connectivity index (χ1) is 8.09. The molecule has 0 atom stereocenters. The van der Waals surface area contributed by atoms with Gasteiger partial charge in [0.1, 0.15) is 0 Å². The Hall–Kier alpha value is -0.0500.